The third kappa shape index (κ3) is 1.94. The molecular weight excluding hydrogens is 269 g/mol. The molecule has 6 heteroatoms. The Morgan fingerprint density at radius 1 is 1.20 bits per heavy atom. The Morgan fingerprint density at radius 3 is 2.70 bits per heavy atom. The second-order valence-corrected chi connectivity index (χ2v) is 4.82. The number of nitrogens with one attached hydrogen (secondary N) is 1. The minimum absolute atomic E-state index is 0.221. The first-order valence-electron chi connectivity index (χ1n) is 5.97. The summed E-state index contributed by atoms with van der Waals surface area (Å²) in [7, 11) is 5.71. The van der Waals surface area contributed by atoms with Crippen molar-refractivity contribution in [2.45, 2.75) is 0 Å². The van der Waals surface area contributed by atoms with E-state index in [4.69, 9.17) is 25.8 Å². The lowest BCUT2D eigenvalue weighted by Crippen LogP contribution is -2.22. The van der Waals surface area contributed by atoms with Crippen molar-refractivity contribution in [3.63, 3.8) is 0 Å². The quantitative estimate of drug-likeness (QED) is 0.402. The van der Waals surface area contributed by atoms with E-state index in [9.17, 15) is 4.79 Å². The van der Waals surface area contributed by atoms with Crippen molar-refractivity contribution in [2.24, 2.45) is 0 Å². The van der Waals surface area contributed by atoms with Gasteiger partial charge in [-0.3, -0.25) is 9.36 Å². The van der Waals surface area contributed by atoms with Crippen molar-refractivity contribution in [2.75, 3.05) is 5.73 Å². The van der Waals surface area contributed by atoms with Crippen LogP contribution in [0.2, 0.25) is 0 Å². The molecule has 2 radical (unpaired) electrons. The van der Waals surface area contributed by atoms with E-state index in [-0.39, 0.29) is 10.3 Å². The average Bonchev–Trinajstić information content (AvgIpc) is 2.40. The van der Waals surface area contributed by atoms with Crippen LogP contribution in [0.5, 0.6) is 0 Å². The first kappa shape index (κ1) is 12.7. The molecule has 4 nitrogen and oxygen atoms in total. The van der Waals surface area contributed by atoms with E-state index >= 15 is 0 Å². The second kappa shape index (κ2) is 4.65. The molecule has 0 amide bonds. The molecule has 1 heterocycles. The Balaban J connectivity index is 2.44. The van der Waals surface area contributed by atoms with Crippen LogP contribution in [0.25, 0.3) is 16.6 Å². The number of anilines is 1. The van der Waals surface area contributed by atoms with Crippen molar-refractivity contribution in [3.05, 3.63) is 57.6 Å². The smallest absolute Gasteiger partial charge is 0.266 e. The number of rotatable bonds is 1. The largest absolute Gasteiger partial charge is 0.397 e. The van der Waals surface area contributed by atoms with E-state index < -0.39 is 0 Å². The van der Waals surface area contributed by atoms with Gasteiger partial charge in [-0.2, -0.15) is 0 Å². The maximum Gasteiger partial charge on any atom is 0.266 e. The highest BCUT2D eigenvalue weighted by Crippen LogP contribution is 2.16. The van der Waals surface area contributed by atoms with Gasteiger partial charge in [0.05, 0.1) is 22.3 Å². The summed E-state index contributed by atoms with van der Waals surface area (Å²) >= 11 is 5.26. The molecule has 0 atom stereocenters. The molecule has 0 unspecified atom stereocenters. The van der Waals surface area contributed by atoms with Gasteiger partial charge in [-0.25, -0.2) is 0 Å². The molecule has 0 spiro atoms. The zero-order valence-corrected chi connectivity index (χ0v) is 11.3. The molecule has 0 fully saturated rings. The number of hydrogen-bond acceptors (Lipinski definition) is 3. The Kier molecular flexibility index (Phi) is 2.95. The Bertz CT molecular complexity index is 930. The number of H-pyrrole nitrogens is 1. The molecule has 0 bridgehead atoms. The number of nitrogens with zero attached hydrogens (tertiary/aromatic N) is 1. The van der Waals surface area contributed by atoms with Crippen LogP contribution in [0.15, 0.2) is 47.3 Å². The van der Waals surface area contributed by atoms with Gasteiger partial charge in [-0.1, -0.05) is 23.7 Å². The third-order valence-electron chi connectivity index (χ3n) is 3.10. The van der Waals surface area contributed by atoms with Crippen LogP contribution in [0, 0.1) is 4.77 Å². The zero-order chi connectivity index (χ0) is 14.3. The lowest BCUT2D eigenvalue weighted by Gasteiger charge is -2.10. The third-order valence-corrected chi connectivity index (χ3v) is 3.38. The van der Waals surface area contributed by atoms with Crippen LogP contribution in [-0.4, -0.2) is 17.4 Å². The monoisotopic (exact) mass is 279 g/mol. The van der Waals surface area contributed by atoms with Crippen LogP contribution in [0.3, 0.4) is 0 Å². The summed E-state index contributed by atoms with van der Waals surface area (Å²) in [5.41, 5.74) is 7.94. The fourth-order valence-corrected chi connectivity index (χ4v) is 2.44. The van der Waals surface area contributed by atoms with Crippen LogP contribution < -0.4 is 16.8 Å². The summed E-state index contributed by atoms with van der Waals surface area (Å²) in [5.74, 6) is 0. The maximum atomic E-state index is 12.6. The molecule has 0 aliphatic rings. The number of aromatic amines is 1. The molecule has 3 N–H and O–H groups in total. The van der Waals surface area contributed by atoms with Crippen molar-refractivity contribution in [1.29, 1.82) is 0 Å². The first-order chi connectivity index (χ1) is 9.58. The van der Waals surface area contributed by atoms with Gasteiger partial charge in [0.2, 0.25) is 0 Å². The molecule has 96 valence electrons. The number of aromatic nitrogens is 2. The molecule has 3 rings (SSSR count). The SMILES string of the molecule is [B]c1ccc2c(=O)n(-c3ccccc3N)c(=S)[nH]c2c1. The molecule has 20 heavy (non-hydrogen) atoms. The second-order valence-electron chi connectivity index (χ2n) is 4.43. The highest BCUT2D eigenvalue weighted by molar-refractivity contribution is 7.71. The van der Waals surface area contributed by atoms with Gasteiger partial charge in [0, 0.05) is 0 Å². The zero-order valence-electron chi connectivity index (χ0n) is 10.5. The minimum Gasteiger partial charge on any atom is -0.397 e. The number of hydrogen-bond donors (Lipinski definition) is 2. The number of nitrogens with two attached hydrogens (primary N) is 1. The number of fused-ring (bicyclic) bond motifs is 1. The minimum atomic E-state index is -0.221. The van der Waals surface area contributed by atoms with Crippen molar-refractivity contribution >= 4 is 42.1 Å². The maximum absolute atomic E-state index is 12.6. The van der Waals surface area contributed by atoms with Crippen LogP contribution in [0.1, 0.15) is 0 Å². The Labute approximate surface area is 121 Å². The first-order valence-corrected chi connectivity index (χ1v) is 6.38. The topological polar surface area (TPSA) is 63.8 Å². The van der Waals surface area contributed by atoms with Crippen molar-refractivity contribution in [1.82, 2.24) is 9.55 Å². The van der Waals surface area contributed by atoms with Crippen LogP contribution in [0.4, 0.5) is 5.69 Å². The number of para-hydroxylation sites is 2. The van der Waals surface area contributed by atoms with Gasteiger partial charge in [0.15, 0.2) is 4.77 Å². The Hall–Kier alpha value is -2.34. The summed E-state index contributed by atoms with van der Waals surface area (Å²) in [4.78, 5) is 15.6. The number of nitrogen functional groups attached to an aromatic ring is 1. The van der Waals surface area contributed by atoms with Gasteiger partial charge >= 0.3 is 0 Å². The highest BCUT2D eigenvalue weighted by atomic mass is 32.1. The van der Waals surface area contributed by atoms with Gasteiger partial charge in [-0.15, -0.1) is 0 Å². The van der Waals surface area contributed by atoms with Gasteiger partial charge < -0.3 is 10.7 Å². The van der Waals surface area contributed by atoms with Crippen LogP contribution in [-0.2, 0) is 0 Å². The predicted molar refractivity (Wildman–Crippen MR) is 84.5 cm³/mol. The van der Waals surface area contributed by atoms with E-state index in [1.807, 2.05) is 0 Å². The normalized spacial score (nSPS) is 10.8. The summed E-state index contributed by atoms with van der Waals surface area (Å²) in [6, 6.07) is 12.1. The number of benzene rings is 2. The van der Waals surface area contributed by atoms with Crippen LogP contribution >= 0.6 is 12.2 Å². The molecule has 2 aromatic carbocycles. The van der Waals surface area contributed by atoms with Gasteiger partial charge in [0.1, 0.15) is 7.85 Å². The molecule has 0 saturated carbocycles. The van der Waals surface area contributed by atoms with E-state index in [1.54, 1.807) is 42.5 Å². The fourth-order valence-electron chi connectivity index (χ4n) is 2.15. The molecule has 0 saturated heterocycles. The molecular formula is C14H10BN3OS. The summed E-state index contributed by atoms with van der Waals surface area (Å²) in [6.07, 6.45) is 0. The van der Waals surface area contributed by atoms with E-state index in [0.29, 0.717) is 27.7 Å². The highest BCUT2D eigenvalue weighted by Gasteiger charge is 2.09. The predicted octanol–water partition coefficient (Wildman–Crippen LogP) is 1.42. The van der Waals surface area contributed by atoms with Crippen molar-refractivity contribution in [3.8, 4) is 5.69 Å². The molecule has 0 aliphatic carbocycles. The summed E-state index contributed by atoms with van der Waals surface area (Å²) in [6.45, 7) is 0. The fraction of sp³-hybridized carbons (Fsp3) is 0. The molecule has 0 aliphatic heterocycles. The summed E-state index contributed by atoms with van der Waals surface area (Å²) < 4.78 is 1.68. The van der Waals surface area contributed by atoms with Gasteiger partial charge in [-0.05, 0) is 36.5 Å². The van der Waals surface area contributed by atoms with E-state index in [1.165, 1.54) is 4.57 Å². The van der Waals surface area contributed by atoms with E-state index in [0.717, 1.165) is 0 Å². The Morgan fingerprint density at radius 2 is 1.95 bits per heavy atom. The standard InChI is InChI=1S/C14H10BN3OS/c15-8-5-6-9-11(7-8)17-14(20)18(13(9)19)12-4-2-1-3-10(12)16/h1-7H,16H2,(H,17,20). The summed E-state index contributed by atoms with van der Waals surface area (Å²) in [5, 5.41) is 0.510. The van der Waals surface area contributed by atoms with Crippen molar-refractivity contribution < 1.29 is 0 Å². The molecule has 3 aromatic rings. The van der Waals surface area contributed by atoms with E-state index in [2.05, 4.69) is 4.98 Å². The van der Waals surface area contributed by atoms with Gasteiger partial charge in [0.25, 0.3) is 5.56 Å². The lowest BCUT2D eigenvalue weighted by atomic mass is 9.95. The lowest BCUT2D eigenvalue weighted by molar-refractivity contribution is 0.943. The molecule has 1 aromatic heterocycles. The average molecular weight is 279 g/mol.